The van der Waals surface area contributed by atoms with Gasteiger partial charge < -0.3 is 9.84 Å². The van der Waals surface area contributed by atoms with Gasteiger partial charge in [-0.3, -0.25) is 4.79 Å². The smallest absolute Gasteiger partial charge is 0.320 e. The van der Waals surface area contributed by atoms with Crippen LogP contribution in [0.1, 0.15) is 78.1 Å². The largest absolute Gasteiger partial charge is 0.459 e. The number of nitriles is 2. The van der Waals surface area contributed by atoms with Crippen LogP contribution in [0.15, 0.2) is 24.3 Å². The van der Waals surface area contributed by atoms with E-state index < -0.39 is 18.2 Å². The van der Waals surface area contributed by atoms with Crippen molar-refractivity contribution in [3.05, 3.63) is 24.3 Å². The zero-order chi connectivity index (χ0) is 23.1. The number of esters is 1. The zero-order valence-corrected chi connectivity index (χ0v) is 19.5. The number of fused-ring (bicyclic) bond motifs is 5. The Morgan fingerprint density at radius 2 is 2.06 bits per heavy atom. The van der Waals surface area contributed by atoms with Crippen LogP contribution in [0.5, 0.6) is 0 Å². The molecule has 8 atom stereocenters. The van der Waals surface area contributed by atoms with Gasteiger partial charge in [0.05, 0.1) is 18.2 Å². The zero-order valence-electron chi connectivity index (χ0n) is 19.5. The Bertz CT molecular complexity index is 898. The average Bonchev–Trinajstić information content (AvgIpc) is 3.10. The second kappa shape index (κ2) is 8.35. The number of carbonyl (C=O) groups is 1. The predicted octanol–water partition coefficient (Wildman–Crippen LogP) is 5.22. The molecule has 0 radical (unpaired) electrons. The second-order valence-electron chi connectivity index (χ2n) is 10.9. The van der Waals surface area contributed by atoms with Gasteiger partial charge in [0, 0.05) is 6.08 Å². The summed E-state index contributed by atoms with van der Waals surface area (Å²) < 4.78 is 5.65. The summed E-state index contributed by atoms with van der Waals surface area (Å²) in [5.74, 6) is 0.858. The third-order valence-corrected chi connectivity index (χ3v) is 10.3. The van der Waals surface area contributed by atoms with Gasteiger partial charge in [-0.1, -0.05) is 25.5 Å². The molecule has 0 amide bonds. The molecular weight excluding hydrogens is 400 g/mol. The number of rotatable bonds is 4. The van der Waals surface area contributed by atoms with E-state index in [0.717, 1.165) is 44.9 Å². The number of hydrogen-bond donors (Lipinski definition) is 1. The van der Waals surface area contributed by atoms with E-state index in [1.54, 1.807) is 6.08 Å². The number of aliphatic hydroxyl groups is 1. The topological polar surface area (TPSA) is 94.1 Å². The van der Waals surface area contributed by atoms with Crippen LogP contribution >= 0.6 is 0 Å². The Hall–Kier alpha value is -2.11. The molecule has 5 heteroatoms. The average molecular weight is 437 g/mol. The van der Waals surface area contributed by atoms with Crippen LogP contribution in [0.3, 0.4) is 0 Å². The first-order valence-corrected chi connectivity index (χ1v) is 12.3. The lowest BCUT2D eigenvalue weighted by Crippen LogP contribution is -2.63. The van der Waals surface area contributed by atoms with Gasteiger partial charge >= 0.3 is 5.97 Å². The Labute approximate surface area is 192 Å². The summed E-state index contributed by atoms with van der Waals surface area (Å²) >= 11 is 0. The molecule has 0 aromatic rings. The van der Waals surface area contributed by atoms with Crippen LogP contribution in [0.4, 0.5) is 0 Å². The molecule has 172 valence electrons. The van der Waals surface area contributed by atoms with E-state index in [4.69, 9.17) is 10.00 Å². The maximum Gasteiger partial charge on any atom is 0.320 e. The summed E-state index contributed by atoms with van der Waals surface area (Å²) in [4.78, 5) is 12.1. The molecule has 8 unspecified atom stereocenters. The van der Waals surface area contributed by atoms with Crippen molar-refractivity contribution >= 4 is 5.97 Å². The van der Waals surface area contributed by atoms with Crippen LogP contribution in [0.25, 0.3) is 0 Å². The molecule has 4 aliphatic rings. The number of aliphatic hydroxyl groups excluding tert-OH is 1. The summed E-state index contributed by atoms with van der Waals surface area (Å²) in [5.41, 5.74) is 1.27. The first kappa shape index (κ1) is 23.1. The third kappa shape index (κ3) is 3.08. The molecule has 0 saturated heterocycles. The summed E-state index contributed by atoms with van der Waals surface area (Å²) in [6.45, 7) is 9.00. The summed E-state index contributed by atoms with van der Waals surface area (Å²) in [6.07, 6.45) is 11.2. The lowest BCUT2D eigenvalue weighted by atomic mass is 9.37. The normalized spacial score (nSPS) is 46.2. The lowest BCUT2D eigenvalue weighted by Gasteiger charge is -2.68. The molecule has 32 heavy (non-hydrogen) atoms. The number of nitrogens with zero attached hydrogens (tertiary/aromatic N) is 2. The van der Waals surface area contributed by atoms with Crippen molar-refractivity contribution in [3.8, 4) is 12.1 Å². The SMILES string of the molecule is C=CC12CCC3(C)C(=CC#N)CCC3C1CCC1CC(O)C(OC(=O)CC#N)CC12CC. The number of carbonyl (C=O) groups excluding carboxylic acids is 1. The van der Waals surface area contributed by atoms with Gasteiger partial charge in [0.15, 0.2) is 0 Å². The van der Waals surface area contributed by atoms with Gasteiger partial charge in [0.25, 0.3) is 0 Å². The fraction of sp³-hybridized carbons (Fsp3) is 0.741. The van der Waals surface area contributed by atoms with Crippen LogP contribution in [-0.4, -0.2) is 23.3 Å². The highest BCUT2D eigenvalue weighted by Crippen LogP contribution is 2.74. The van der Waals surface area contributed by atoms with E-state index in [1.807, 2.05) is 6.07 Å². The molecule has 5 nitrogen and oxygen atoms in total. The van der Waals surface area contributed by atoms with Crippen molar-refractivity contribution < 1.29 is 14.6 Å². The molecule has 4 aliphatic carbocycles. The van der Waals surface area contributed by atoms with Crippen molar-refractivity contribution in [2.45, 2.75) is 90.3 Å². The van der Waals surface area contributed by atoms with Gasteiger partial charge in [-0.05, 0) is 91.8 Å². The van der Waals surface area contributed by atoms with Gasteiger partial charge in [-0.15, -0.1) is 6.58 Å². The van der Waals surface area contributed by atoms with Crippen molar-refractivity contribution in [1.82, 2.24) is 0 Å². The molecular formula is C27H36N2O3. The van der Waals surface area contributed by atoms with E-state index in [-0.39, 0.29) is 22.7 Å². The van der Waals surface area contributed by atoms with E-state index in [9.17, 15) is 15.2 Å². The highest BCUT2D eigenvalue weighted by molar-refractivity contribution is 5.72. The number of ether oxygens (including phenoxy) is 1. The first-order chi connectivity index (χ1) is 15.3. The van der Waals surface area contributed by atoms with Gasteiger partial charge in [-0.2, -0.15) is 10.5 Å². The standard InChI is InChI=1S/C27H36N2O3/c1-4-26-13-12-25(3)18(10-14-28)6-8-20(25)21(26)9-7-19-16-22(30)23(17-27(19,26)5-2)32-24(31)11-15-29/h4,10,19-23,30H,1,5-9,11-13,16-17H2,2-3H3. The number of allylic oxidation sites excluding steroid dienone is 3. The molecule has 4 saturated carbocycles. The van der Waals surface area contributed by atoms with Gasteiger partial charge in [0.1, 0.15) is 12.5 Å². The molecule has 0 aromatic heterocycles. The lowest BCUT2D eigenvalue weighted by molar-refractivity contribution is -0.207. The molecule has 4 fully saturated rings. The van der Waals surface area contributed by atoms with Crippen LogP contribution in [0, 0.1) is 56.7 Å². The van der Waals surface area contributed by atoms with Crippen molar-refractivity contribution in [1.29, 1.82) is 10.5 Å². The molecule has 0 heterocycles. The van der Waals surface area contributed by atoms with Crippen LogP contribution in [0.2, 0.25) is 0 Å². The fourth-order valence-corrected chi connectivity index (χ4v) is 8.84. The maximum atomic E-state index is 12.1. The predicted molar refractivity (Wildman–Crippen MR) is 121 cm³/mol. The van der Waals surface area contributed by atoms with Gasteiger partial charge in [-0.25, -0.2) is 0 Å². The molecule has 0 bridgehead atoms. The molecule has 0 aromatic carbocycles. The highest BCUT2D eigenvalue weighted by Gasteiger charge is 2.67. The van der Waals surface area contributed by atoms with E-state index in [1.165, 1.54) is 5.57 Å². The molecule has 1 N–H and O–H groups in total. The highest BCUT2D eigenvalue weighted by atomic mass is 16.6. The molecule has 0 spiro atoms. The minimum Gasteiger partial charge on any atom is -0.459 e. The Morgan fingerprint density at radius 1 is 1.28 bits per heavy atom. The summed E-state index contributed by atoms with van der Waals surface area (Å²) in [7, 11) is 0. The first-order valence-electron chi connectivity index (χ1n) is 12.3. The molecule has 4 rings (SSSR count). The van der Waals surface area contributed by atoms with Crippen molar-refractivity contribution in [2.24, 2.45) is 34.0 Å². The minimum atomic E-state index is -0.675. The van der Waals surface area contributed by atoms with E-state index in [0.29, 0.717) is 30.6 Å². The summed E-state index contributed by atoms with van der Waals surface area (Å²) in [5, 5.41) is 29.0. The maximum absolute atomic E-state index is 12.1. The van der Waals surface area contributed by atoms with Crippen LogP contribution in [-0.2, 0) is 9.53 Å². The Kier molecular flexibility index (Phi) is 6.01. The van der Waals surface area contributed by atoms with E-state index >= 15 is 0 Å². The van der Waals surface area contributed by atoms with Gasteiger partial charge in [0.2, 0.25) is 0 Å². The second-order valence-corrected chi connectivity index (χ2v) is 10.9. The quantitative estimate of drug-likeness (QED) is 0.370. The van der Waals surface area contributed by atoms with Crippen molar-refractivity contribution in [2.75, 3.05) is 0 Å². The van der Waals surface area contributed by atoms with E-state index in [2.05, 4.69) is 32.6 Å². The van der Waals surface area contributed by atoms with Crippen LogP contribution < -0.4 is 0 Å². The monoisotopic (exact) mass is 436 g/mol. The Morgan fingerprint density at radius 3 is 2.72 bits per heavy atom. The third-order valence-electron chi connectivity index (χ3n) is 10.3. The fourth-order valence-electron chi connectivity index (χ4n) is 8.84. The number of hydrogen-bond acceptors (Lipinski definition) is 5. The molecule has 0 aliphatic heterocycles. The minimum absolute atomic E-state index is 0.0586. The van der Waals surface area contributed by atoms with Crippen molar-refractivity contribution in [3.63, 3.8) is 0 Å². The Balaban J connectivity index is 1.72. The summed E-state index contributed by atoms with van der Waals surface area (Å²) in [6, 6.07) is 4.14.